The summed E-state index contributed by atoms with van der Waals surface area (Å²) < 4.78 is 10.2. The monoisotopic (exact) mass is 951 g/mol. The summed E-state index contributed by atoms with van der Waals surface area (Å²) in [6.07, 6.45) is 3.19. The first-order valence-corrected chi connectivity index (χ1v) is 26.1. The van der Waals surface area contributed by atoms with Gasteiger partial charge in [-0.2, -0.15) is 0 Å². The first-order chi connectivity index (χ1) is 25.5. The number of fused-ring (bicyclic) bond motifs is 4. The molecule has 0 atom stereocenters. The van der Waals surface area contributed by atoms with Crippen LogP contribution in [0.4, 0.5) is 0 Å². The normalized spacial score (nSPS) is 11.7. The number of pyridine rings is 2. The van der Waals surface area contributed by atoms with Gasteiger partial charge >= 0.3 is 113 Å². The van der Waals surface area contributed by atoms with Gasteiger partial charge in [-0.25, -0.2) is 4.98 Å². The van der Waals surface area contributed by atoms with Gasteiger partial charge in [-0.3, -0.25) is 4.98 Å². The molecule has 0 aliphatic rings. The van der Waals surface area contributed by atoms with Gasteiger partial charge in [-0.05, 0) is 54.2 Å². The molecule has 0 unspecified atom stereocenters. The van der Waals surface area contributed by atoms with E-state index >= 15 is 0 Å². The van der Waals surface area contributed by atoms with Gasteiger partial charge in [0.2, 0.25) is 5.71 Å². The van der Waals surface area contributed by atoms with E-state index in [-0.39, 0.29) is 20.1 Å². The third-order valence-electron chi connectivity index (χ3n) is 9.95. The minimum atomic E-state index is -1.80. The molecular formula is C47H48GeIrN4O-2. The Morgan fingerprint density at radius 3 is 2.17 bits per heavy atom. The summed E-state index contributed by atoms with van der Waals surface area (Å²) in [4.78, 5) is 14.4. The first kappa shape index (κ1) is 39.3. The van der Waals surface area contributed by atoms with Crippen molar-refractivity contribution in [2.45, 2.75) is 77.1 Å². The van der Waals surface area contributed by atoms with Crippen LogP contribution in [0.2, 0.25) is 17.3 Å². The first-order valence-electron chi connectivity index (χ1n) is 18.7. The smallest absolute Gasteiger partial charge is 0.216 e. The summed E-state index contributed by atoms with van der Waals surface area (Å²) in [5.41, 5.74) is 12.6. The van der Waals surface area contributed by atoms with Crippen molar-refractivity contribution in [1.29, 1.82) is 0 Å². The van der Waals surface area contributed by atoms with Crippen LogP contribution in [-0.2, 0) is 26.5 Å². The molecule has 0 N–H and O–H groups in total. The summed E-state index contributed by atoms with van der Waals surface area (Å²) in [5.74, 6) is 8.81. The van der Waals surface area contributed by atoms with E-state index in [0.717, 1.165) is 62.1 Å². The fourth-order valence-corrected chi connectivity index (χ4v) is 10.7. The van der Waals surface area contributed by atoms with Crippen molar-refractivity contribution in [1.82, 2.24) is 19.5 Å². The van der Waals surface area contributed by atoms with Crippen LogP contribution in [0.1, 0.15) is 68.8 Å². The number of rotatable bonds is 7. The van der Waals surface area contributed by atoms with Crippen LogP contribution >= 0.6 is 0 Å². The number of nitrogens with zero attached hydrogens (tertiary/aromatic N) is 4. The van der Waals surface area contributed by atoms with Gasteiger partial charge in [0.05, 0.1) is 22.4 Å². The summed E-state index contributed by atoms with van der Waals surface area (Å²) in [6, 6.07) is 40.1. The molecule has 4 aromatic carbocycles. The molecule has 0 aliphatic heterocycles. The number of hydrogen-bond acceptors (Lipinski definition) is 4. The van der Waals surface area contributed by atoms with Gasteiger partial charge in [-0.1, -0.05) is 69.0 Å². The van der Waals surface area contributed by atoms with Gasteiger partial charge in [0.25, 0.3) is 0 Å². The second-order valence-corrected chi connectivity index (χ2v) is 26.0. The second-order valence-electron chi connectivity index (χ2n) is 15.5. The number of aromatic nitrogens is 4. The zero-order valence-electron chi connectivity index (χ0n) is 32.7. The summed E-state index contributed by atoms with van der Waals surface area (Å²) >= 11 is -1.80. The van der Waals surface area contributed by atoms with Crippen molar-refractivity contribution >= 4 is 50.8 Å². The molecular weight excluding hydrogens is 901 g/mol. The Morgan fingerprint density at radius 1 is 0.778 bits per heavy atom. The van der Waals surface area contributed by atoms with Crippen molar-refractivity contribution < 1.29 is 24.5 Å². The second kappa shape index (κ2) is 16.2. The zero-order valence-corrected chi connectivity index (χ0v) is 37.2. The van der Waals surface area contributed by atoms with Crippen LogP contribution in [0, 0.1) is 19.1 Å². The molecule has 0 spiro atoms. The average molecular weight is 950 g/mol. The predicted octanol–water partition coefficient (Wildman–Crippen LogP) is 12.0. The Balaban J connectivity index is 0.000000222. The van der Waals surface area contributed by atoms with E-state index in [0.29, 0.717) is 17.5 Å². The van der Waals surface area contributed by atoms with Crippen molar-refractivity contribution in [3.63, 3.8) is 0 Å². The van der Waals surface area contributed by atoms with Crippen molar-refractivity contribution in [2.24, 2.45) is 0 Å². The molecule has 7 heteroatoms. The topological polar surface area (TPSA) is 56.7 Å². The van der Waals surface area contributed by atoms with E-state index in [1.54, 1.807) is 0 Å². The minimum absolute atomic E-state index is 0. The average Bonchev–Trinajstić information content (AvgIpc) is 3.72. The number of hydrogen-bond donors (Lipinski definition) is 0. The largest absolute Gasteiger partial charge is 0.486 e. The molecule has 4 heterocycles. The molecule has 0 saturated heterocycles. The molecule has 4 aromatic heterocycles. The van der Waals surface area contributed by atoms with Gasteiger partial charge in [0.15, 0.2) is 0 Å². The van der Waals surface area contributed by atoms with E-state index in [1.165, 1.54) is 26.8 Å². The quantitative estimate of drug-likeness (QED) is 0.118. The standard InChI is InChI=1S/C31H28N3O.C16H20GeN.Ir/c1-18(2)21-10-8-11-22(19(3)4)28(21)34-27-15-7-6-14-26(27)33-30(34)25-13-9-12-23-24-17-16-20(5)32-31(24)35-29(23)25;1-5-13-11-16(14-9-7-6-8-10-14)18-12-15(13)17(2,3)4;/h6-12,14-19H,1-5H3;6-9,11-12H,5H2,1-4H3;/q2*-1;. The number of benzene rings is 4. The van der Waals surface area contributed by atoms with Gasteiger partial charge < -0.3 is 8.98 Å². The predicted molar refractivity (Wildman–Crippen MR) is 224 cm³/mol. The fourth-order valence-electron chi connectivity index (χ4n) is 7.24. The molecule has 8 aromatic rings. The van der Waals surface area contributed by atoms with E-state index in [4.69, 9.17) is 9.40 Å². The van der Waals surface area contributed by atoms with Crippen LogP contribution in [0.5, 0.6) is 0 Å². The Bertz CT molecular complexity index is 2540. The van der Waals surface area contributed by atoms with Crippen LogP contribution < -0.4 is 4.40 Å². The number of furan rings is 1. The van der Waals surface area contributed by atoms with Crippen molar-refractivity contribution in [3.8, 4) is 28.3 Å². The van der Waals surface area contributed by atoms with Crippen LogP contribution in [-0.4, -0.2) is 32.8 Å². The molecule has 0 fully saturated rings. The van der Waals surface area contributed by atoms with Crippen LogP contribution in [0.25, 0.3) is 61.4 Å². The number of para-hydroxylation sites is 3. The van der Waals surface area contributed by atoms with Crippen LogP contribution in [0.3, 0.4) is 0 Å². The van der Waals surface area contributed by atoms with E-state index in [1.807, 2.05) is 43.3 Å². The minimum Gasteiger partial charge on any atom is -0.486 e. The van der Waals surface area contributed by atoms with Crippen molar-refractivity contribution in [3.05, 3.63) is 138 Å². The molecule has 277 valence electrons. The maximum Gasteiger partial charge on any atom is 0.216 e. The summed E-state index contributed by atoms with van der Waals surface area (Å²) in [7, 11) is 0. The van der Waals surface area contributed by atoms with Gasteiger partial charge in [0.1, 0.15) is 0 Å². The Kier molecular flexibility index (Phi) is 11.8. The van der Waals surface area contributed by atoms with E-state index in [9.17, 15) is 0 Å². The molecule has 0 amide bonds. The Labute approximate surface area is 336 Å². The maximum atomic E-state index is 6.37. The fraction of sp³-hybridized carbons (Fsp3) is 0.255. The Hall–Kier alpha value is -4.36. The molecule has 1 radical (unpaired) electrons. The number of imidazole rings is 1. The molecule has 5 nitrogen and oxygen atoms in total. The van der Waals surface area contributed by atoms with Crippen LogP contribution in [0.15, 0.2) is 108 Å². The zero-order chi connectivity index (χ0) is 37.4. The van der Waals surface area contributed by atoms with Gasteiger partial charge in [-0.15, -0.1) is 18.2 Å². The third kappa shape index (κ3) is 7.62. The molecule has 0 bridgehead atoms. The van der Waals surface area contributed by atoms with E-state index in [2.05, 4.69) is 145 Å². The Morgan fingerprint density at radius 2 is 1.50 bits per heavy atom. The maximum absolute atomic E-state index is 6.37. The van der Waals surface area contributed by atoms with Crippen molar-refractivity contribution in [2.75, 3.05) is 0 Å². The van der Waals surface area contributed by atoms with E-state index < -0.39 is 13.3 Å². The molecule has 8 rings (SSSR count). The number of aryl methyl sites for hydroxylation is 2. The van der Waals surface area contributed by atoms with Gasteiger partial charge in [0, 0.05) is 36.9 Å². The molecule has 0 saturated carbocycles. The SMILES string of the molecule is CCc1cc(-c2[c-]cccc2)nc[c]1[Ge]([CH3])([CH3])[CH3].Cc1ccc2c(n1)oc1c(-c3nc4ccccc4n3-c3c(C(C)C)cccc3C(C)C)[c-]ccc12.[Ir]. The summed E-state index contributed by atoms with van der Waals surface area (Å²) in [5, 5.41) is 2.04. The molecule has 0 aliphatic carbocycles. The molecule has 54 heavy (non-hydrogen) atoms. The summed E-state index contributed by atoms with van der Waals surface area (Å²) in [6.45, 7) is 13.2. The third-order valence-corrected chi connectivity index (χ3v) is 14.3.